The molecule has 2 aromatic rings. The van der Waals surface area contributed by atoms with E-state index in [1.54, 1.807) is 0 Å². The highest BCUT2D eigenvalue weighted by molar-refractivity contribution is 5.48. The third kappa shape index (κ3) is 3.88. The van der Waals surface area contributed by atoms with Gasteiger partial charge in [-0.3, -0.25) is 0 Å². The molecule has 0 aliphatic heterocycles. The molecule has 1 aliphatic carbocycles. The first-order valence-electron chi connectivity index (χ1n) is 8.49. The maximum absolute atomic E-state index is 10.4. The van der Waals surface area contributed by atoms with Gasteiger partial charge in [-0.15, -0.1) is 0 Å². The van der Waals surface area contributed by atoms with E-state index in [1.807, 2.05) is 37.3 Å². The fourth-order valence-electron chi connectivity index (χ4n) is 3.28. The molecule has 1 aliphatic rings. The Balaban J connectivity index is 1.70. The molecule has 0 fully saturated rings. The van der Waals surface area contributed by atoms with Crippen molar-refractivity contribution in [3.05, 3.63) is 53.0 Å². The number of aliphatic hydroxyl groups is 1. The van der Waals surface area contributed by atoms with Gasteiger partial charge in [-0.25, -0.2) is 9.97 Å². The van der Waals surface area contributed by atoms with Gasteiger partial charge in [0, 0.05) is 17.3 Å². The molecule has 4 nitrogen and oxygen atoms in total. The maximum Gasteiger partial charge on any atom is 0.133 e. The van der Waals surface area contributed by atoms with Crippen molar-refractivity contribution in [2.75, 3.05) is 5.32 Å². The van der Waals surface area contributed by atoms with Crippen molar-refractivity contribution in [3.8, 4) is 0 Å². The molecule has 0 radical (unpaired) electrons. The van der Waals surface area contributed by atoms with E-state index in [2.05, 4.69) is 22.2 Å². The normalized spacial score (nSPS) is 16.5. The molecule has 1 heterocycles. The van der Waals surface area contributed by atoms with Crippen LogP contribution in [0.2, 0.25) is 0 Å². The number of anilines is 1. The van der Waals surface area contributed by atoms with Gasteiger partial charge in [0.1, 0.15) is 11.6 Å². The number of nitrogens with zero attached hydrogens (tertiary/aromatic N) is 2. The minimum atomic E-state index is -0.461. The van der Waals surface area contributed by atoms with Gasteiger partial charge in [0.05, 0.1) is 6.10 Å². The maximum atomic E-state index is 10.4. The summed E-state index contributed by atoms with van der Waals surface area (Å²) < 4.78 is 0. The summed E-state index contributed by atoms with van der Waals surface area (Å²) in [7, 11) is 0. The minimum Gasteiger partial charge on any atom is -0.388 e. The van der Waals surface area contributed by atoms with Crippen molar-refractivity contribution >= 4 is 5.82 Å². The lowest BCUT2D eigenvalue weighted by Gasteiger charge is -2.23. The van der Waals surface area contributed by atoms with E-state index in [0.29, 0.717) is 6.42 Å². The molecule has 23 heavy (non-hydrogen) atoms. The zero-order valence-electron chi connectivity index (χ0n) is 13.9. The van der Waals surface area contributed by atoms with Gasteiger partial charge in [0.15, 0.2) is 0 Å². The van der Waals surface area contributed by atoms with Crippen LogP contribution in [-0.4, -0.2) is 21.1 Å². The van der Waals surface area contributed by atoms with Crippen LogP contribution in [0, 0.1) is 6.92 Å². The first kappa shape index (κ1) is 15.9. The van der Waals surface area contributed by atoms with Crippen LogP contribution in [0.4, 0.5) is 5.82 Å². The second-order valence-electron chi connectivity index (χ2n) is 6.46. The Morgan fingerprint density at radius 3 is 2.65 bits per heavy atom. The third-order valence-electron chi connectivity index (χ3n) is 4.44. The van der Waals surface area contributed by atoms with Crippen molar-refractivity contribution in [3.63, 3.8) is 0 Å². The number of rotatable bonds is 5. The molecule has 4 heteroatoms. The van der Waals surface area contributed by atoms with Crippen LogP contribution in [0.1, 0.15) is 54.9 Å². The van der Waals surface area contributed by atoms with Crippen molar-refractivity contribution in [2.24, 2.45) is 0 Å². The molecule has 1 aromatic heterocycles. The number of aliphatic hydroxyl groups excluding tert-OH is 1. The first-order valence-corrected chi connectivity index (χ1v) is 8.49. The van der Waals surface area contributed by atoms with Gasteiger partial charge in [-0.05, 0) is 51.5 Å². The Morgan fingerprint density at radius 1 is 1.13 bits per heavy atom. The number of hydrogen-bond acceptors (Lipinski definition) is 4. The number of hydrogen-bond donors (Lipinski definition) is 2. The van der Waals surface area contributed by atoms with Crippen LogP contribution in [-0.2, 0) is 12.8 Å². The van der Waals surface area contributed by atoms with Crippen LogP contribution in [0.3, 0.4) is 0 Å². The number of benzene rings is 1. The molecule has 2 unspecified atom stereocenters. The summed E-state index contributed by atoms with van der Waals surface area (Å²) >= 11 is 0. The topological polar surface area (TPSA) is 58.0 Å². The molecule has 1 aromatic carbocycles. The standard InChI is InChI=1S/C19H25N3O/c1-13(12-18(23)15-8-4-3-5-9-15)20-19-16-10-6-7-11-17(16)21-14(2)22-19/h3-5,8-9,13,18,23H,6-7,10-12H2,1-2H3,(H,20,21,22). The number of aryl methyl sites for hydroxylation is 2. The van der Waals surface area contributed by atoms with Crippen LogP contribution in [0.15, 0.2) is 30.3 Å². The second-order valence-corrected chi connectivity index (χ2v) is 6.46. The molecule has 122 valence electrons. The van der Waals surface area contributed by atoms with Gasteiger partial charge >= 0.3 is 0 Å². The van der Waals surface area contributed by atoms with E-state index >= 15 is 0 Å². The fraction of sp³-hybridized carbons (Fsp3) is 0.474. The summed E-state index contributed by atoms with van der Waals surface area (Å²) in [5, 5.41) is 13.9. The molecule has 0 saturated carbocycles. The second kappa shape index (κ2) is 7.09. The highest BCUT2D eigenvalue weighted by Crippen LogP contribution is 2.27. The van der Waals surface area contributed by atoms with Crippen molar-refractivity contribution in [1.29, 1.82) is 0 Å². The number of nitrogens with one attached hydrogen (secondary N) is 1. The monoisotopic (exact) mass is 311 g/mol. The van der Waals surface area contributed by atoms with E-state index < -0.39 is 6.10 Å². The zero-order chi connectivity index (χ0) is 16.2. The van der Waals surface area contributed by atoms with Gasteiger partial charge < -0.3 is 10.4 Å². The molecule has 0 spiro atoms. The molecule has 0 bridgehead atoms. The summed E-state index contributed by atoms with van der Waals surface area (Å²) in [6, 6.07) is 9.96. The third-order valence-corrected chi connectivity index (χ3v) is 4.44. The van der Waals surface area contributed by atoms with Gasteiger partial charge in [-0.1, -0.05) is 30.3 Å². The van der Waals surface area contributed by atoms with E-state index in [1.165, 1.54) is 24.1 Å². The molecule has 2 N–H and O–H groups in total. The molecular weight excluding hydrogens is 286 g/mol. The Kier molecular flexibility index (Phi) is 4.91. The number of fused-ring (bicyclic) bond motifs is 1. The summed E-state index contributed by atoms with van der Waals surface area (Å²) in [6.07, 6.45) is 4.71. The first-order chi connectivity index (χ1) is 11.1. The summed E-state index contributed by atoms with van der Waals surface area (Å²) in [5.74, 6) is 1.78. The van der Waals surface area contributed by atoms with E-state index in [-0.39, 0.29) is 6.04 Å². The lowest BCUT2D eigenvalue weighted by atomic mass is 9.96. The van der Waals surface area contributed by atoms with Crippen LogP contribution < -0.4 is 5.32 Å². The van der Waals surface area contributed by atoms with Crippen molar-refractivity contribution < 1.29 is 5.11 Å². The lowest BCUT2D eigenvalue weighted by molar-refractivity contribution is 0.162. The van der Waals surface area contributed by atoms with Crippen LogP contribution in [0.25, 0.3) is 0 Å². The highest BCUT2D eigenvalue weighted by atomic mass is 16.3. The highest BCUT2D eigenvalue weighted by Gasteiger charge is 2.19. The van der Waals surface area contributed by atoms with Gasteiger partial charge in [0.25, 0.3) is 0 Å². The largest absolute Gasteiger partial charge is 0.388 e. The smallest absolute Gasteiger partial charge is 0.133 e. The fourth-order valence-corrected chi connectivity index (χ4v) is 3.28. The Bertz CT molecular complexity index is 657. The van der Waals surface area contributed by atoms with Crippen LogP contribution in [0.5, 0.6) is 0 Å². The molecular formula is C19H25N3O. The van der Waals surface area contributed by atoms with Crippen molar-refractivity contribution in [1.82, 2.24) is 9.97 Å². The SMILES string of the molecule is Cc1nc2c(c(NC(C)CC(O)c3ccccc3)n1)CCCC2. The van der Waals surface area contributed by atoms with E-state index in [4.69, 9.17) is 0 Å². The Hall–Kier alpha value is -1.94. The Labute approximate surface area is 138 Å². The zero-order valence-corrected chi connectivity index (χ0v) is 13.9. The average Bonchev–Trinajstić information content (AvgIpc) is 2.55. The molecule has 0 saturated heterocycles. The van der Waals surface area contributed by atoms with E-state index in [0.717, 1.165) is 30.0 Å². The molecule has 0 amide bonds. The predicted octanol–water partition coefficient (Wildman–Crippen LogP) is 3.59. The summed E-state index contributed by atoms with van der Waals surface area (Å²) in [4.78, 5) is 9.19. The van der Waals surface area contributed by atoms with Crippen LogP contribution >= 0.6 is 0 Å². The summed E-state index contributed by atoms with van der Waals surface area (Å²) in [5.41, 5.74) is 3.42. The average molecular weight is 311 g/mol. The Morgan fingerprint density at radius 2 is 1.87 bits per heavy atom. The lowest BCUT2D eigenvalue weighted by Crippen LogP contribution is -2.22. The summed E-state index contributed by atoms with van der Waals surface area (Å²) in [6.45, 7) is 4.04. The van der Waals surface area contributed by atoms with Gasteiger partial charge in [-0.2, -0.15) is 0 Å². The quantitative estimate of drug-likeness (QED) is 0.886. The minimum absolute atomic E-state index is 0.144. The van der Waals surface area contributed by atoms with Crippen molar-refractivity contribution in [2.45, 2.75) is 58.1 Å². The molecule has 3 rings (SSSR count). The van der Waals surface area contributed by atoms with E-state index in [9.17, 15) is 5.11 Å². The number of aromatic nitrogens is 2. The van der Waals surface area contributed by atoms with Gasteiger partial charge in [0.2, 0.25) is 0 Å². The predicted molar refractivity (Wildman–Crippen MR) is 92.5 cm³/mol. The molecule has 2 atom stereocenters.